The highest BCUT2D eigenvalue weighted by Crippen LogP contribution is 2.31. The van der Waals surface area contributed by atoms with Gasteiger partial charge in [-0.1, -0.05) is 11.2 Å². The van der Waals surface area contributed by atoms with Crippen LogP contribution in [0.4, 0.5) is 20.7 Å². The molecule has 1 radical (unpaired) electrons. The molecular formula is C20H21FN3O3S. The third-order valence-electron chi connectivity index (χ3n) is 4.98. The molecule has 1 unspecified atom stereocenters. The lowest BCUT2D eigenvalue weighted by atomic mass is 10.0. The van der Waals surface area contributed by atoms with Crippen LogP contribution < -0.4 is 9.80 Å². The fraction of sp³-hybridized carbons (Fsp3) is 0.350. The number of pyridine rings is 1. The van der Waals surface area contributed by atoms with Gasteiger partial charge in [0.1, 0.15) is 29.2 Å². The van der Waals surface area contributed by atoms with Gasteiger partial charge in [-0.2, -0.15) is 0 Å². The molecule has 28 heavy (non-hydrogen) atoms. The Bertz CT molecular complexity index is 902. The van der Waals surface area contributed by atoms with Crippen LogP contribution in [0.25, 0.3) is 11.1 Å². The number of carbonyl (C=O) groups excluding carboxylic acids is 1. The van der Waals surface area contributed by atoms with Crippen molar-refractivity contribution in [3.63, 3.8) is 0 Å². The summed E-state index contributed by atoms with van der Waals surface area (Å²) in [5.74, 6) is 1.71. The van der Waals surface area contributed by atoms with Crippen molar-refractivity contribution >= 4 is 28.8 Å². The second-order valence-electron chi connectivity index (χ2n) is 6.98. The number of nitrogens with zero attached hydrogens (tertiary/aromatic N) is 3. The number of benzene rings is 1. The van der Waals surface area contributed by atoms with E-state index < -0.39 is 29.2 Å². The lowest BCUT2D eigenvalue weighted by molar-refractivity contribution is 0.159. The Morgan fingerprint density at radius 2 is 2.07 bits per heavy atom. The van der Waals surface area contributed by atoms with Gasteiger partial charge in [0.2, 0.25) is 0 Å². The molecule has 2 aliphatic heterocycles. The van der Waals surface area contributed by atoms with Crippen molar-refractivity contribution < 1.29 is 18.5 Å². The SMILES string of the molecule is [CH2]C1CN(c2ccc(-c3cnc(N4CC[S+]([O-])CC4)c(C)c3)c(F)c2)C(=O)O1. The molecule has 2 saturated heterocycles. The Hall–Kier alpha value is -2.32. The molecule has 0 bridgehead atoms. The minimum Gasteiger partial charge on any atom is -0.616 e. The molecule has 3 heterocycles. The van der Waals surface area contributed by atoms with E-state index in [0.29, 0.717) is 48.0 Å². The van der Waals surface area contributed by atoms with E-state index in [2.05, 4.69) is 16.8 Å². The number of rotatable bonds is 3. The van der Waals surface area contributed by atoms with Crippen molar-refractivity contribution in [3.8, 4) is 11.1 Å². The predicted molar refractivity (Wildman–Crippen MR) is 107 cm³/mol. The van der Waals surface area contributed by atoms with Crippen molar-refractivity contribution in [2.24, 2.45) is 0 Å². The Morgan fingerprint density at radius 3 is 2.68 bits per heavy atom. The van der Waals surface area contributed by atoms with Crippen LogP contribution in [0.15, 0.2) is 30.5 Å². The van der Waals surface area contributed by atoms with Crippen LogP contribution >= 0.6 is 0 Å². The zero-order valence-electron chi connectivity index (χ0n) is 15.6. The second-order valence-corrected chi connectivity index (χ2v) is 8.68. The number of aryl methyl sites for hydroxylation is 1. The third-order valence-corrected chi connectivity index (χ3v) is 6.25. The fourth-order valence-electron chi connectivity index (χ4n) is 3.53. The molecule has 0 N–H and O–H groups in total. The quantitative estimate of drug-likeness (QED) is 0.739. The van der Waals surface area contributed by atoms with E-state index >= 15 is 0 Å². The molecule has 2 aliphatic rings. The molecule has 1 amide bonds. The van der Waals surface area contributed by atoms with Crippen molar-refractivity contribution in [3.05, 3.63) is 48.8 Å². The first-order valence-electron chi connectivity index (χ1n) is 9.10. The minimum absolute atomic E-state index is 0.299. The van der Waals surface area contributed by atoms with Gasteiger partial charge in [0, 0.05) is 17.3 Å². The van der Waals surface area contributed by atoms with E-state index in [-0.39, 0.29) is 0 Å². The van der Waals surface area contributed by atoms with Crippen LogP contribution in [0.2, 0.25) is 0 Å². The topological polar surface area (TPSA) is 68.7 Å². The Morgan fingerprint density at radius 1 is 1.32 bits per heavy atom. The van der Waals surface area contributed by atoms with Gasteiger partial charge in [-0.25, -0.2) is 14.2 Å². The van der Waals surface area contributed by atoms with Crippen LogP contribution in [-0.4, -0.2) is 52.9 Å². The molecule has 0 spiro atoms. The maximum atomic E-state index is 14.8. The Balaban J connectivity index is 1.57. The van der Waals surface area contributed by atoms with Gasteiger partial charge in [0.05, 0.1) is 25.3 Å². The first-order valence-corrected chi connectivity index (χ1v) is 10.6. The Labute approximate surface area is 166 Å². The summed E-state index contributed by atoms with van der Waals surface area (Å²) in [4.78, 5) is 19.8. The summed E-state index contributed by atoms with van der Waals surface area (Å²) in [7, 11) is 0. The molecule has 6 nitrogen and oxygen atoms in total. The Kier molecular flexibility index (Phi) is 5.16. The molecule has 0 saturated carbocycles. The second kappa shape index (κ2) is 7.60. The molecule has 147 valence electrons. The average molecular weight is 402 g/mol. The van der Waals surface area contributed by atoms with Crippen molar-refractivity contribution in [2.75, 3.05) is 40.9 Å². The molecule has 1 aromatic heterocycles. The molecule has 0 aliphatic carbocycles. The van der Waals surface area contributed by atoms with Crippen LogP contribution in [-0.2, 0) is 15.9 Å². The van der Waals surface area contributed by atoms with Gasteiger partial charge in [-0.05, 0) is 43.7 Å². The number of amides is 1. The maximum absolute atomic E-state index is 14.8. The average Bonchev–Trinajstić information content (AvgIpc) is 3.00. The molecule has 1 atom stereocenters. The molecule has 2 aromatic rings. The number of ether oxygens (including phenoxy) is 1. The summed E-state index contributed by atoms with van der Waals surface area (Å²) >= 11 is -0.747. The van der Waals surface area contributed by atoms with Gasteiger partial charge in [-0.3, -0.25) is 4.90 Å². The van der Waals surface area contributed by atoms with E-state index in [4.69, 9.17) is 4.74 Å². The molecule has 1 aromatic carbocycles. The van der Waals surface area contributed by atoms with E-state index in [0.717, 1.165) is 11.4 Å². The van der Waals surface area contributed by atoms with Gasteiger partial charge in [0.25, 0.3) is 0 Å². The van der Waals surface area contributed by atoms with Crippen LogP contribution in [0.3, 0.4) is 0 Å². The summed E-state index contributed by atoms with van der Waals surface area (Å²) < 4.78 is 31.3. The number of carbonyl (C=O) groups is 1. The van der Waals surface area contributed by atoms with Gasteiger partial charge in [-0.15, -0.1) is 0 Å². The van der Waals surface area contributed by atoms with E-state index in [9.17, 15) is 13.7 Å². The highest BCUT2D eigenvalue weighted by atomic mass is 32.2. The monoisotopic (exact) mass is 402 g/mol. The highest BCUT2D eigenvalue weighted by Gasteiger charge is 2.30. The van der Waals surface area contributed by atoms with Gasteiger partial charge < -0.3 is 14.2 Å². The first kappa shape index (κ1) is 19.0. The zero-order chi connectivity index (χ0) is 19.8. The third kappa shape index (κ3) is 3.66. The number of aromatic nitrogens is 1. The summed E-state index contributed by atoms with van der Waals surface area (Å²) in [6.07, 6.45) is 0.681. The normalized spacial score (nSPS) is 20.6. The van der Waals surface area contributed by atoms with E-state index in [1.807, 2.05) is 13.0 Å². The summed E-state index contributed by atoms with van der Waals surface area (Å²) in [5, 5.41) is 0. The fourth-order valence-corrected chi connectivity index (χ4v) is 4.59. The number of anilines is 2. The summed E-state index contributed by atoms with van der Waals surface area (Å²) in [6, 6.07) is 6.58. The predicted octanol–water partition coefficient (Wildman–Crippen LogP) is 2.92. The number of cyclic esters (lactones) is 1. The van der Waals surface area contributed by atoms with Crippen LogP contribution in [0.1, 0.15) is 5.56 Å². The largest absolute Gasteiger partial charge is 0.616 e. The van der Waals surface area contributed by atoms with E-state index in [1.54, 1.807) is 18.3 Å². The molecular weight excluding hydrogens is 381 g/mol. The lowest BCUT2D eigenvalue weighted by Gasteiger charge is -2.30. The lowest BCUT2D eigenvalue weighted by Crippen LogP contribution is -2.41. The van der Waals surface area contributed by atoms with E-state index in [1.165, 1.54) is 11.0 Å². The van der Waals surface area contributed by atoms with Crippen LogP contribution in [0, 0.1) is 19.7 Å². The summed E-state index contributed by atoms with van der Waals surface area (Å²) in [6.45, 7) is 7.37. The number of hydrogen-bond acceptors (Lipinski definition) is 5. The molecule has 8 heteroatoms. The van der Waals surface area contributed by atoms with Crippen molar-refractivity contribution in [1.82, 2.24) is 4.98 Å². The van der Waals surface area contributed by atoms with Gasteiger partial charge in [0.15, 0.2) is 0 Å². The maximum Gasteiger partial charge on any atom is 0.414 e. The van der Waals surface area contributed by atoms with Gasteiger partial charge >= 0.3 is 6.09 Å². The smallest absolute Gasteiger partial charge is 0.414 e. The zero-order valence-corrected chi connectivity index (χ0v) is 16.4. The van der Waals surface area contributed by atoms with Crippen molar-refractivity contribution in [2.45, 2.75) is 13.0 Å². The van der Waals surface area contributed by atoms with Crippen LogP contribution in [0.5, 0.6) is 0 Å². The standard InChI is InChI=1S/C20H21FN3O3S/c1-13-9-15(11-22-19(13)23-5-7-28(26)8-6-23)17-4-3-16(10-18(17)21)24-12-14(2)27-20(24)25/h3-4,9-11,14H,2,5-8,12H2,1H3. The molecule has 4 rings (SSSR count). The number of hydrogen-bond donors (Lipinski definition) is 0. The first-order chi connectivity index (χ1) is 13.4. The molecule has 2 fully saturated rings. The summed E-state index contributed by atoms with van der Waals surface area (Å²) in [5.41, 5.74) is 2.48. The highest BCUT2D eigenvalue weighted by molar-refractivity contribution is 7.91. The van der Waals surface area contributed by atoms with Crippen molar-refractivity contribution in [1.29, 1.82) is 0 Å². The minimum atomic E-state index is -0.747. The number of halogens is 1.